The first-order valence-corrected chi connectivity index (χ1v) is 27.7. The highest BCUT2D eigenvalue weighted by Gasteiger charge is 2.39. The number of carbonyl (C=O) groups is 11. The van der Waals surface area contributed by atoms with Crippen LogP contribution in [-0.2, 0) is 72.0 Å². The van der Waals surface area contributed by atoms with Crippen LogP contribution in [0.5, 0.6) is 0 Å². The summed E-state index contributed by atoms with van der Waals surface area (Å²) < 4.78 is 0. The number of rotatable bonds is 31. The topological polar surface area (TPSA) is 371 Å². The molecule has 0 radical (unpaired) electrons. The monoisotopic (exact) mass is 1140 g/mol. The third kappa shape index (κ3) is 19.7. The Hall–Kier alpha value is -7.90. The zero-order valence-corrected chi connectivity index (χ0v) is 46.2. The molecular weight excluding hydrogens is 1070 g/mol. The largest absolute Gasteiger partial charge is 0.481 e. The molecule has 3 aromatic rings. The number of nitrogens with two attached hydrogens (primary N) is 2. The van der Waals surface area contributed by atoms with Crippen molar-refractivity contribution in [3.63, 3.8) is 0 Å². The Balaban J connectivity index is 1.37. The van der Waals surface area contributed by atoms with Crippen molar-refractivity contribution in [1.29, 1.82) is 0 Å². The maximum absolute atomic E-state index is 14.5. The van der Waals surface area contributed by atoms with Crippen molar-refractivity contribution in [1.82, 2.24) is 47.0 Å². The summed E-state index contributed by atoms with van der Waals surface area (Å²) in [5.74, 6) is -9.38. The van der Waals surface area contributed by atoms with Crippen LogP contribution >= 0.6 is 12.6 Å². The lowest BCUT2D eigenvalue weighted by Gasteiger charge is -2.30. The minimum absolute atomic E-state index is 0.116. The molecular formula is C56H75N11O13S. The van der Waals surface area contributed by atoms with E-state index in [1.807, 2.05) is 0 Å². The molecule has 81 heavy (non-hydrogen) atoms. The van der Waals surface area contributed by atoms with E-state index >= 15 is 0 Å². The molecule has 0 unspecified atom stereocenters. The molecule has 2 heterocycles. The number of amides is 10. The predicted molar refractivity (Wildman–Crippen MR) is 299 cm³/mol. The lowest BCUT2D eigenvalue weighted by atomic mass is 10.0. The number of carbonyl (C=O) groups excluding carboxylic acids is 10. The maximum Gasteiger partial charge on any atom is 0.303 e. The number of nitrogens with one attached hydrogen (secondary N) is 7. The fourth-order valence-corrected chi connectivity index (χ4v) is 9.95. The minimum atomic E-state index is -1.63. The zero-order valence-electron chi connectivity index (χ0n) is 45.3. The third-order valence-electron chi connectivity index (χ3n) is 14.0. The SMILES string of the molecule is CC(=O)N1CCC[C@H]1C(=O)N[C@@H](CO)C(=O)N[C@@H](Cc1ccccc1)C(=O)N[C@@H](CS)C(=O)N[C@@H](Cc1ccccc1)C(=O)N[C@@H](CCC(=O)O)C(=O)N[C@@H](Cc1ccccc1)C(=O)N[C@@H](CCCCN)C(=O)N1CCC[C@H]1C(N)=O. The lowest BCUT2D eigenvalue weighted by molar-refractivity contribution is -0.141. The summed E-state index contributed by atoms with van der Waals surface area (Å²) in [6.07, 6.45) is 1.30. The van der Waals surface area contributed by atoms with E-state index in [1.54, 1.807) is 91.0 Å². The van der Waals surface area contributed by atoms with Crippen LogP contribution in [0.1, 0.15) is 81.4 Å². The summed E-state index contributed by atoms with van der Waals surface area (Å²) in [6.45, 7) is 1.33. The molecule has 0 saturated carbocycles. The van der Waals surface area contributed by atoms with Crippen LogP contribution in [0, 0.1) is 0 Å². The fraction of sp³-hybridized carbons (Fsp3) is 0.482. The van der Waals surface area contributed by atoms with Gasteiger partial charge in [-0.2, -0.15) is 12.6 Å². The Morgan fingerprint density at radius 1 is 0.543 bits per heavy atom. The molecule has 0 aliphatic carbocycles. The predicted octanol–water partition coefficient (Wildman–Crippen LogP) is -1.49. The van der Waals surface area contributed by atoms with Crippen molar-refractivity contribution in [2.75, 3.05) is 32.0 Å². The number of carboxylic acids is 1. The number of likely N-dealkylation sites (tertiary alicyclic amines) is 2. The fourth-order valence-electron chi connectivity index (χ4n) is 9.70. The van der Waals surface area contributed by atoms with Crippen molar-refractivity contribution in [3.8, 4) is 0 Å². The van der Waals surface area contributed by atoms with E-state index in [-0.39, 0.29) is 43.9 Å². The van der Waals surface area contributed by atoms with E-state index in [1.165, 1.54) is 16.7 Å². The molecule has 2 aliphatic rings. The molecule has 2 aliphatic heterocycles. The molecule has 2 fully saturated rings. The van der Waals surface area contributed by atoms with Crippen LogP contribution in [0.4, 0.5) is 0 Å². The van der Waals surface area contributed by atoms with Crippen LogP contribution in [0.15, 0.2) is 91.0 Å². The molecule has 5 rings (SSSR count). The Morgan fingerprint density at radius 2 is 0.951 bits per heavy atom. The number of benzene rings is 3. The second-order valence-electron chi connectivity index (χ2n) is 20.0. The summed E-state index contributed by atoms with van der Waals surface area (Å²) in [6, 6.07) is 13.7. The molecule has 10 amide bonds. The molecule has 0 spiro atoms. The highest BCUT2D eigenvalue weighted by molar-refractivity contribution is 7.80. The Kier molecular flexibility index (Phi) is 25.6. The quantitative estimate of drug-likeness (QED) is 0.0258. The van der Waals surface area contributed by atoms with Gasteiger partial charge < -0.3 is 68.7 Å². The van der Waals surface area contributed by atoms with Gasteiger partial charge in [0.05, 0.1) is 6.61 Å². The molecule has 13 N–H and O–H groups in total. The number of aliphatic hydroxyl groups is 1. The number of carboxylic acid groups (broad SMARTS) is 1. The molecule has 0 bridgehead atoms. The first-order valence-electron chi connectivity index (χ1n) is 27.1. The number of hydrogen-bond donors (Lipinski definition) is 12. The number of nitrogens with zero attached hydrogens (tertiary/aromatic N) is 2. The zero-order chi connectivity index (χ0) is 59.0. The molecule has 9 atom stereocenters. The summed E-state index contributed by atoms with van der Waals surface area (Å²) >= 11 is 4.33. The number of aliphatic carboxylic acids is 1. The van der Waals surface area contributed by atoms with Crippen LogP contribution < -0.4 is 48.7 Å². The van der Waals surface area contributed by atoms with E-state index in [0.717, 1.165) is 0 Å². The molecule has 24 nitrogen and oxygen atoms in total. The average Bonchev–Trinajstić information content (AvgIpc) is 4.27. The highest BCUT2D eigenvalue weighted by atomic mass is 32.1. The second-order valence-corrected chi connectivity index (χ2v) is 20.4. The van der Waals surface area contributed by atoms with Gasteiger partial charge in [-0.05, 0) is 74.6 Å². The van der Waals surface area contributed by atoms with E-state index in [2.05, 4.69) is 49.8 Å². The first-order chi connectivity index (χ1) is 38.8. The van der Waals surface area contributed by atoms with Crippen molar-refractivity contribution >= 4 is 77.7 Å². The van der Waals surface area contributed by atoms with Gasteiger partial charge in [0, 0.05) is 51.4 Å². The van der Waals surface area contributed by atoms with Gasteiger partial charge in [0.25, 0.3) is 0 Å². The molecule has 0 aromatic heterocycles. The van der Waals surface area contributed by atoms with Crippen molar-refractivity contribution in [2.45, 2.75) is 138 Å². The van der Waals surface area contributed by atoms with E-state index in [0.29, 0.717) is 68.3 Å². The summed E-state index contributed by atoms with van der Waals surface area (Å²) in [4.78, 5) is 152. The lowest BCUT2D eigenvalue weighted by Crippen LogP contribution is -2.61. The third-order valence-corrected chi connectivity index (χ3v) is 14.4. The Morgan fingerprint density at radius 3 is 1.38 bits per heavy atom. The van der Waals surface area contributed by atoms with Crippen molar-refractivity contribution in [3.05, 3.63) is 108 Å². The average molecular weight is 1140 g/mol. The minimum Gasteiger partial charge on any atom is -0.481 e. The molecule has 438 valence electrons. The van der Waals surface area contributed by atoms with Crippen LogP contribution in [0.2, 0.25) is 0 Å². The Labute approximate surface area is 475 Å². The van der Waals surface area contributed by atoms with E-state index < -0.39 is 133 Å². The summed E-state index contributed by atoms with van der Waals surface area (Å²) in [7, 11) is 0. The summed E-state index contributed by atoms with van der Waals surface area (Å²) in [5.41, 5.74) is 13.1. The maximum atomic E-state index is 14.5. The molecule has 3 aromatic carbocycles. The normalized spacial score (nSPS) is 17.4. The van der Waals surface area contributed by atoms with Gasteiger partial charge in [-0.15, -0.1) is 0 Å². The molecule has 25 heteroatoms. The van der Waals surface area contributed by atoms with Gasteiger partial charge in [0.2, 0.25) is 59.1 Å². The number of hydrogen-bond acceptors (Lipinski definition) is 14. The van der Waals surface area contributed by atoms with Crippen LogP contribution in [-0.4, -0.2) is 171 Å². The van der Waals surface area contributed by atoms with Gasteiger partial charge in [0.15, 0.2) is 0 Å². The van der Waals surface area contributed by atoms with Crippen molar-refractivity contribution < 1.29 is 63.0 Å². The highest BCUT2D eigenvalue weighted by Crippen LogP contribution is 2.21. The first kappa shape index (κ1) is 63.9. The van der Waals surface area contributed by atoms with Crippen LogP contribution in [0.3, 0.4) is 0 Å². The Bertz CT molecular complexity index is 2660. The van der Waals surface area contributed by atoms with Gasteiger partial charge in [-0.3, -0.25) is 52.7 Å². The summed E-state index contributed by atoms with van der Waals surface area (Å²) in [5, 5.41) is 38.2. The number of unbranched alkanes of at least 4 members (excludes halogenated alkanes) is 1. The molecule has 2 saturated heterocycles. The van der Waals surface area contributed by atoms with Gasteiger partial charge >= 0.3 is 5.97 Å². The number of aliphatic hydroxyl groups excluding tert-OH is 1. The van der Waals surface area contributed by atoms with Gasteiger partial charge in [-0.25, -0.2) is 0 Å². The van der Waals surface area contributed by atoms with E-state index in [4.69, 9.17) is 11.5 Å². The van der Waals surface area contributed by atoms with Gasteiger partial charge in [0.1, 0.15) is 54.4 Å². The van der Waals surface area contributed by atoms with Crippen molar-refractivity contribution in [2.24, 2.45) is 11.5 Å². The standard InChI is InChI=1S/C56H75N11O13S/c1-34(69)66-27-14-23-46(66)55(79)64-43(32-68)53(77)62-42(31-37-19-9-4-10-20-37)52(76)65-44(33-81)54(78)63-40(29-35-15-5-2-6-16-35)50(74)59-38(24-25-47(70)71)49(73)61-41(30-36-17-7-3-8-18-36)51(75)60-39(21-11-12-26-57)56(80)67-28-13-22-45(67)48(58)72/h2-10,15-20,38-46,68,81H,11-14,21-33,57H2,1H3,(H2,58,72)(H,59,74)(H,60,75)(H,61,73)(H,62,77)(H,63,78)(H,64,79)(H,65,76)(H,70,71)/t38-,39-,40-,41-,42-,43-,44-,45-,46-/m0/s1. The van der Waals surface area contributed by atoms with E-state index in [9.17, 15) is 63.0 Å². The smallest absolute Gasteiger partial charge is 0.303 e. The number of thiol groups is 1. The number of primary amides is 1. The second kappa shape index (κ2) is 32.4. The van der Waals surface area contributed by atoms with Gasteiger partial charge in [-0.1, -0.05) is 91.0 Å². The van der Waals surface area contributed by atoms with Crippen LogP contribution in [0.25, 0.3) is 0 Å².